The van der Waals surface area contributed by atoms with Crippen molar-refractivity contribution in [2.45, 2.75) is 38.6 Å². The Morgan fingerprint density at radius 1 is 1.50 bits per heavy atom. The third-order valence-electron chi connectivity index (χ3n) is 3.90. The molecular formula is C16H23FN2O. The summed E-state index contributed by atoms with van der Waals surface area (Å²) in [6.45, 7) is 3.80. The Bertz CT molecular complexity index is 444. The number of carbonyl (C=O) groups is 1. The molecule has 3 nitrogen and oxygen atoms in total. The summed E-state index contributed by atoms with van der Waals surface area (Å²) in [7, 11) is 0. The Kier molecular flexibility index (Phi) is 5.53. The summed E-state index contributed by atoms with van der Waals surface area (Å²) in [5, 5.41) is 6.35. The summed E-state index contributed by atoms with van der Waals surface area (Å²) in [6, 6.07) is 7.01. The summed E-state index contributed by atoms with van der Waals surface area (Å²) in [5.41, 5.74) is 0.687. The molecule has 0 saturated carbocycles. The predicted molar refractivity (Wildman–Crippen MR) is 77.9 cm³/mol. The molecule has 110 valence electrons. The van der Waals surface area contributed by atoms with Gasteiger partial charge in [-0.05, 0) is 43.9 Å². The Morgan fingerprint density at radius 3 is 3.00 bits per heavy atom. The van der Waals surface area contributed by atoms with E-state index in [1.54, 1.807) is 12.1 Å². The smallest absolute Gasteiger partial charge is 0.223 e. The summed E-state index contributed by atoms with van der Waals surface area (Å²) in [6.07, 6.45) is 3.42. The topological polar surface area (TPSA) is 41.1 Å². The maximum absolute atomic E-state index is 13.5. The summed E-state index contributed by atoms with van der Waals surface area (Å²) in [5.74, 6) is -0.192. The summed E-state index contributed by atoms with van der Waals surface area (Å²) < 4.78 is 13.5. The second kappa shape index (κ2) is 7.39. The van der Waals surface area contributed by atoms with Gasteiger partial charge in [0, 0.05) is 18.5 Å². The normalized spacial score (nSPS) is 20.4. The van der Waals surface area contributed by atoms with Gasteiger partial charge in [-0.2, -0.15) is 0 Å². The van der Waals surface area contributed by atoms with Crippen LogP contribution in [0.25, 0.3) is 0 Å². The average molecular weight is 278 g/mol. The monoisotopic (exact) mass is 278 g/mol. The molecule has 0 aromatic heterocycles. The number of aryl methyl sites for hydroxylation is 1. The fourth-order valence-corrected chi connectivity index (χ4v) is 2.52. The van der Waals surface area contributed by atoms with Crippen molar-refractivity contribution in [2.75, 3.05) is 13.1 Å². The highest BCUT2D eigenvalue weighted by Gasteiger charge is 2.19. The zero-order valence-electron chi connectivity index (χ0n) is 12.0. The van der Waals surface area contributed by atoms with Crippen molar-refractivity contribution in [1.29, 1.82) is 0 Å². The molecule has 20 heavy (non-hydrogen) atoms. The van der Waals surface area contributed by atoms with Gasteiger partial charge in [0.05, 0.1) is 0 Å². The van der Waals surface area contributed by atoms with E-state index in [0.717, 1.165) is 25.9 Å². The first-order valence-electron chi connectivity index (χ1n) is 7.41. The van der Waals surface area contributed by atoms with E-state index >= 15 is 0 Å². The van der Waals surface area contributed by atoms with Crippen molar-refractivity contribution in [3.63, 3.8) is 0 Å². The highest BCUT2D eigenvalue weighted by atomic mass is 19.1. The number of amides is 1. The van der Waals surface area contributed by atoms with Crippen LogP contribution >= 0.6 is 0 Å². The third kappa shape index (κ3) is 4.30. The van der Waals surface area contributed by atoms with Crippen molar-refractivity contribution in [3.8, 4) is 0 Å². The minimum atomic E-state index is -0.184. The van der Waals surface area contributed by atoms with Gasteiger partial charge in [0.2, 0.25) is 5.91 Å². The zero-order chi connectivity index (χ0) is 14.4. The third-order valence-corrected chi connectivity index (χ3v) is 3.90. The number of hydrogen-bond donors (Lipinski definition) is 2. The van der Waals surface area contributed by atoms with Gasteiger partial charge in [-0.15, -0.1) is 0 Å². The highest BCUT2D eigenvalue weighted by molar-refractivity contribution is 5.78. The van der Waals surface area contributed by atoms with Gasteiger partial charge < -0.3 is 10.6 Å². The fraction of sp³-hybridized carbons (Fsp3) is 0.562. The minimum Gasteiger partial charge on any atom is -0.352 e. The molecule has 2 atom stereocenters. The summed E-state index contributed by atoms with van der Waals surface area (Å²) in [4.78, 5) is 12.1. The Morgan fingerprint density at radius 2 is 2.30 bits per heavy atom. The van der Waals surface area contributed by atoms with Crippen LogP contribution in [0.15, 0.2) is 24.3 Å². The van der Waals surface area contributed by atoms with E-state index in [9.17, 15) is 9.18 Å². The van der Waals surface area contributed by atoms with E-state index in [0.29, 0.717) is 18.4 Å². The lowest BCUT2D eigenvalue weighted by molar-refractivity contribution is -0.125. The van der Waals surface area contributed by atoms with Gasteiger partial charge in [-0.3, -0.25) is 4.79 Å². The number of benzene rings is 1. The van der Waals surface area contributed by atoms with Gasteiger partial charge in [0.15, 0.2) is 0 Å². The Labute approximate surface area is 120 Å². The lowest BCUT2D eigenvalue weighted by Crippen LogP contribution is -2.47. The van der Waals surface area contributed by atoms with Crippen LogP contribution in [0.3, 0.4) is 0 Å². The average Bonchev–Trinajstić information content (AvgIpc) is 2.47. The highest BCUT2D eigenvalue weighted by Crippen LogP contribution is 2.13. The van der Waals surface area contributed by atoms with Crippen LogP contribution < -0.4 is 10.6 Å². The lowest BCUT2D eigenvalue weighted by atomic mass is 9.99. The van der Waals surface area contributed by atoms with Crippen LogP contribution in [0.4, 0.5) is 4.39 Å². The molecule has 1 saturated heterocycles. The van der Waals surface area contributed by atoms with Gasteiger partial charge in [0.25, 0.3) is 0 Å². The first-order valence-corrected chi connectivity index (χ1v) is 7.41. The van der Waals surface area contributed by atoms with Crippen molar-refractivity contribution >= 4 is 5.91 Å². The molecule has 1 aliphatic rings. The lowest BCUT2D eigenvalue weighted by Gasteiger charge is -2.25. The fourth-order valence-electron chi connectivity index (χ4n) is 2.52. The molecular weight excluding hydrogens is 255 g/mol. The largest absolute Gasteiger partial charge is 0.352 e. The van der Waals surface area contributed by atoms with E-state index in [2.05, 4.69) is 10.6 Å². The van der Waals surface area contributed by atoms with Gasteiger partial charge >= 0.3 is 0 Å². The van der Waals surface area contributed by atoms with E-state index in [4.69, 9.17) is 0 Å². The van der Waals surface area contributed by atoms with Crippen LogP contribution in [0.2, 0.25) is 0 Å². The summed E-state index contributed by atoms with van der Waals surface area (Å²) >= 11 is 0. The molecule has 2 N–H and O–H groups in total. The van der Waals surface area contributed by atoms with Crippen LogP contribution in [0.5, 0.6) is 0 Å². The van der Waals surface area contributed by atoms with Gasteiger partial charge in [-0.25, -0.2) is 4.39 Å². The van der Waals surface area contributed by atoms with E-state index < -0.39 is 0 Å². The number of rotatable bonds is 5. The number of piperidine rings is 1. The van der Waals surface area contributed by atoms with Crippen molar-refractivity contribution in [3.05, 3.63) is 35.6 Å². The second-order valence-electron chi connectivity index (χ2n) is 5.58. The molecule has 1 aromatic rings. The maximum atomic E-state index is 13.5. The van der Waals surface area contributed by atoms with Crippen molar-refractivity contribution in [2.24, 2.45) is 5.92 Å². The minimum absolute atomic E-state index is 0.0787. The quantitative estimate of drug-likeness (QED) is 0.867. The van der Waals surface area contributed by atoms with E-state index in [1.807, 2.05) is 13.0 Å². The SMILES string of the molecule is CC(CCc1ccccc1F)C(=O)NC1CCCNC1. The van der Waals surface area contributed by atoms with E-state index in [1.165, 1.54) is 6.07 Å². The number of halogens is 1. The second-order valence-corrected chi connectivity index (χ2v) is 5.58. The molecule has 1 amide bonds. The molecule has 2 unspecified atom stereocenters. The Hall–Kier alpha value is -1.42. The Balaban J connectivity index is 1.77. The van der Waals surface area contributed by atoms with Crippen LogP contribution in [-0.2, 0) is 11.2 Å². The first kappa shape index (κ1) is 15.0. The molecule has 0 radical (unpaired) electrons. The molecule has 0 bridgehead atoms. The predicted octanol–water partition coefficient (Wildman–Crippen LogP) is 2.26. The van der Waals surface area contributed by atoms with Gasteiger partial charge in [0.1, 0.15) is 5.82 Å². The molecule has 1 fully saturated rings. The van der Waals surface area contributed by atoms with E-state index in [-0.39, 0.29) is 23.7 Å². The van der Waals surface area contributed by atoms with Crippen LogP contribution in [0, 0.1) is 11.7 Å². The molecule has 1 aliphatic heterocycles. The number of carbonyl (C=O) groups excluding carboxylic acids is 1. The molecule has 2 rings (SSSR count). The van der Waals surface area contributed by atoms with Gasteiger partial charge in [-0.1, -0.05) is 25.1 Å². The molecule has 4 heteroatoms. The first-order chi connectivity index (χ1) is 9.66. The van der Waals surface area contributed by atoms with Crippen molar-refractivity contribution in [1.82, 2.24) is 10.6 Å². The molecule has 1 aromatic carbocycles. The number of hydrogen-bond acceptors (Lipinski definition) is 2. The number of nitrogens with one attached hydrogen (secondary N) is 2. The molecule has 0 spiro atoms. The standard InChI is InChI=1S/C16H23FN2O/c1-12(8-9-13-5-2-3-7-15(13)17)16(20)19-14-6-4-10-18-11-14/h2-3,5,7,12,14,18H,4,6,8-11H2,1H3,(H,19,20). The zero-order valence-corrected chi connectivity index (χ0v) is 12.0. The van der Waals surface area contributed by atoms with Crippen LogP contribution in [-0.4, -0.2) is 25.0 Å². The van der Waals surface area contributed by atoms with Crippen molar-refractivity contribution < 1.29 is 9.18 Å². The maximum Gasteiger partial charge on any atom is 0.223 e. The molecule has 1 heterocycles. The molecule has 0 aliphatic carbocycles. The van der Waals surface area contributed by atoms with Crippen LogP contribution in [0.1, 0.15) is 31.7 Å².